The topological polar surface area (TPSA) is 143 Å². The van der Waals surface area contributed by atoms with Gasteiger partial charge in [0, 0.05) is 36.1 Å². The molecule has 1 heterocycles. The zero-order valence-corrected chi connectivity index (χ0v) is 27.4. The second-order valence-electron chi connectivity index (χ2n) is 11.2. The second kappa shape index (κ2) is 13.3. The van der Waals surface area contributed by atoms with Gasteiger partial charge >= 0.3 is 5.76 Å². The Morgan fingerprint density at radius 2 is 1.60 bits per heavy atom. The first kappa shape index (κ1) is 34.5. The van der Waals surface area contributed by atoms with Crippen LogP contribution < -0.4 is 10.5 Å². The zero-order valence-electron chi connectivity index (χ0n) is 24.4. The minimum atomic E-state index is -3.44. The summed E-state index contributed by atoms with van der Waals surface area (Å²) in [5.74, 6) is -2.61. The van der Waals surface area contributed by atoms with Crippen molar-refractivity contribution in [3.05, 3.63) is 67.4 Å². The fourth-order valence-corrected chi connectivity index (χ4v) is 5.53. The van der Waals surface area contributed by atoms with E-state index < -0.39 is 38.9 Å². The molecule has 0 bridgehead atoms. The molecule has 1 saturated carbocycles. The van der Waals surface area contributed by atoms with Crippen molar-refractivity contribution in [2.24, 2.45) is 5.92 Å². The number of hydrogen-bond donors (Lipinski definition) is 0. The molecular weight excluding hydrogens is 643 g/mol. The van der Waals surface area contributed by atoms with Gasteiger partial charge in [0.25, 0.3) is 0 Å². The lowest BCUT2D eigenvalue weighted by Crippen LogP contribution is -2.35. The number of hydrogen-bond acceptors (Lipinski definition) is 9. The van der Waals surface area contributed by atoms with E-state index in [1.807, 2.05) is 34.6 Å². The maximum Gasteiger partial charge on any atom is 0.442 e. The summed E-state index contributed by atoms with van der Waals surface area (Å²) in [4.78, 5) is 47.9. The molecule has 4 rings (SSSR count). The van der Waals surface area contributed by atoms with Gasteiger partial charge in [0.2, 0.25) is 5.89 Å². The minimum absolute atomic E-state index is 0.00216. The Balaban J connectivity index is 0.000000236. The summed E-state index contributed by atoms with van der Waals surface area (Å²) in [6, 6.07) is 6.75. The van der Waals surface area contributed by atoms with Crippen molar-refractivity contribution in [2.75, 3.05) is 6.26 Å². The maximum atomic E-state index is 12.3. The van der Waals surface area contributed by atoms with E-state index in [4.69, 9.17) is 44.0 Å². The molecule has 0 N–H and O–H groups in total. The summed E-state index contributed by atoms with van der Waals surface area (Å²) in [5, 5.41) is 4.80. The summed E-state index contributed by atoms with van der Waals surface area (Å²) in [6.45, 7) is 9.47. The van der Waals surface area contributed by atoms with E-state index in [2.05, 4.69) is 5.10 Å². The van der Waals surface area contributed by atoms with Crippen LogP contribution in [0.5, 0.6) is 5.75 Å². The number of aromatic nitrogens is 2. The van der Waals surface area contributed by atoms with Crippen molar-refractivity contribution in [1.29, 1.82) is 0 Å². The van der Waals surface area contributed by atoms with E-state index in [1.165, 1.54) is 18.2 Å². The van der Waals surface area contributed by atoms with Crippen LogP contribution in [0.3, 0.4) is 0 Å². The van der Waals surface area contributed by atoms with Crippen molar-refractivity contribution in [2.45, 2.75) is 70.3 Å². The van der Waals surface area contributed by atoms with Gasteiger partial charge in [0.15, 0.2) is 27.2 Å². The number of benzene rings is 2. The molecule has 0 atom stereocenters. The molecular formula is C29H31Cl3N2O8S. The van der Waals surface area contributed by atoms with Crippen LogP contribution in [-0.4, -0.2) is 47.9 Å². The Kier molecular flexibility index (Phi) is 10.7. The molecule has 1 aliphatic carbocycles. The Morgan fingerprint density at radius 3 is 2.09 bits per heavy atom. The Hall–Kier alpha value is -2.99. The molecule has 1 aromatic heterocycles. The third-order valence-electron chi connectivity index (χ3n) is 6.17. The highest BCUT2D eigenvalue weighted by Gasteiger charge is 2.37. The molecule has 0 radical (unpaired) electrons. The van der Waals surface area contributed by atoms with Crippen LogP contribution in [0.15, 0.2) is 44.4 Å². The van der Waals surface area contributed by atoms with Gasteiger partial charge in [-0.05, 0) is 44.5 Å². The molecule has 0 amide bonds. The van der Waals surface area contributed by atoms with Gasteiger partial charge in [-0.2, -0.15) is 4.68 Å². The molecule has 1 fully saturated rings. The molecule has 0 aliphatic heterocycles. The highest BCUT2D eigenvalue weighted by atomic mass is 35.5. The molecule has 10 nitrogen and oxygen atoms in total. The van der Waals surface area contributed by atoms with E-state index in [0.717, 1.165) is 17.0 Å². The fourth-order valence-electron chi connectivity index (χ4n) is 4.04. The lowest BCUT2D eigenvalue weighted by molar-refractivity contribution is -0.133. The van der Waals surface area contributed by atoms with E-state index in [9.17, 15) is 27.6 Å². The number of carbonyl (C=O) groups is 3. The van der Waals surface area contributed by atoms with E-state index >= 15 is 0 Å². The summed E-state index contributed by atoms with van der Waals surface area (Å²) in [7, 11) is -3.44. The number of nitrogens with zero attached hydrogens (tertiary/aromatic N) is 2. The normalized spacial score (nSPS) is 14.5. The van der Waals surface area contributed by atoms with Crippen LogP contribution in [0.25, 0.3) is 5.69 Å². The number of Topliss-reactive ketones (excluding diaryl/α,β-unsaturated/α-hetero) is 3. The third-order valence-corrected chi connectivity index (χ3v) is 8.19. The van der Waals surface area contributed by atoms with Gasteiger partial charge in [-0.25, -0.2) is 13.2 Å². The molecule has 0 saturated heterocycles. The summed E-state index contributed by atoms with van der Waals surface area (Å²) in [5.41, 5.74) is -0.0238. The van der Waals surface area contributed by atoms with Crippen molar-refractivity contribution in [1.82, 2.24) is 9.78 Å². The lowest BCUT2D eigenvalue weighted by atomic mass is 9.82. The standard InChI is InChI=1S/C15H18Cl2N2O3.C14H13ClO5S/c1-8(2)21-12-7-11(9(16)6-10(12)17)19-14(20)22-13(18-19)15(3,4)5;1-21(19,20)8-5-6-9(10(15)7-8)14(18)13-11(16)3-2-4-12(13)17/h6-8H,1-5H3;5-7,13H,2-4H2,1H3. The van der Waals surface area contributed by atoms with E-state index in [1.54, 1.807) is 6.07 Å². The van der Waals surface area contributed by atoms with Gasteiger partial charge in [0.1, 0.15) is 11.7 Å². The molecule has 43 heavy (non-hydrogen) atoms. The SMILES string of the molecule is CC(C)Oc1cc(-n2nc(C(C)(C)C)oc2=O)c(Cl)cc1Cl.CS(=O)(=O)c1ccc(C(=O)C2C(=O)CCCC2=O)c(Cl)c1. The van der Waals surface area contributed by atoms with Crippen LogP contribution in [0.2, 0.25) is 15.1 Å². The summed E-state index contributed by atoms with van der Waals surface area (Å²) < 4.78 is 34.8. The molecule has 3 aromatic rings. The first-order valence-corrected chi connectivity index (χ1v) is 16.2. The van der Waals surface area contributed by atoms with Crippen molar-refractivity contribution in [3.8, 4) is 11.4 Å². The lowest BCUT2D eigenvalue weighted by Gasteiger charge is -2.18. The average molecular weight is 674 g/mol. The number of sulfone groups is 1. The molecule has 2 aromatic carbocycles. The van der Waals surface area contributed by atoms with Gasteiger partial charge in [-0.1, -0.05) is 55.6 Å². The monoisotopic (exact) mass is 672 g/mol. The Labute approximate surface area is 264 Å². The van der Waals surface area contributed by atoms with E-state index in [0.29, 0.717) is 28.8 Å². The number of rotatable bonds is 6. The van der Waals surface area contributed by atoms with Gasteiger partial charge < -0.3 is 9.15 Å². The first-order valence-electron chi connectivity index (χ1n) is 13.2. The van der Waals surface area contributed by atoms with Crippen LogP contribution >= 0.6 is 34.8 Å². The minimum Gasteiger partial charge on any atom is -0.489 e. The Morgan fingerprint density at radius 1 is 1.00 bits per heavy atom. The third kappa shape index (κ3) is 8.35. The number of halogens is 3. The number of carbonyl (C=O) groups excluding carboxylic acids is 3. The smallest absolute Gasteiger partial charge is 0.442 e. The summed E-state index contributed by atoms with van der Waals surface area (Å²) in [6.07, 6.45) is 1.81. The van der Waals surface area contributed by atoms with Crippen LogP contribution in [-0.2, 0) is 24.8 Å². The fraction of sp³-hybridized carbons (Fsp3) is 0.414. The second-order valence-corrected chi connectivity index (χ2v) is 14.5. The predicted molar refractivity (Wildman–Crippen MR) is 163 cm³/mol. The summed E-state index contributed by atoms with van der Waals surface area (Å²) >= 11 is 18.2. The highest BCUT2D eigenvalue weighted by molar-refractivity contribution is 7.90. The van der Waals surface area contributed by atoms with Gasteiger partial charge in [0.05, 0.1) is 31.8 Å². The number of ketones is 3. The Bertz CT molecular complexity index is 1720. The maximum absolute atomic E-state index is 12.3. The van der Waals surface area contributed by atoms with Gasteiger partial charge in [-0.15, -0.1) is 5.10 Å². The van der Waals surface area contributed by atoms with Gasteiger partial charge in [-0.3, -0.25) is 14.4 Å². The largest absolute Gasteiger partial charge is 0.489 e. The van der Waals surface area contributed by atoms with Crippen LogP contribution in [0, 0.1) is 5.92 Å². The molecule has 14 heteroatoms. The molecule has 1 aliphatic rings. The zero-order chi connectivity index (χ0) is 32.4. The molecule has 0 unspecified atom stereocenters. The quantitative estimate of drug-likeness (QED) is 0.225. The highest BCUT2D eigenvalue weighted by Crippen LogP contribution is 2.34. The predicted octanol–water partition coefficient (Wildman–Crippen LogP) is 6.08. The van der Waals surface area contributed by atoms with Crippen LogP contribution in [0.1, 0.15) is 70.1 Å². The first-order chi connectivity index (χ1) is 19.8. The van der Waals surface area contributed by atoms with Crippen molar-refractivity contribution >= 4 is 62.0 Å². The molecule has 0 spiro atoms. The van der Waals surface area contributed by atoms with Crippen molar-refractivity contribution < 1.29 is 32.0 Å². The number of ether oxygens (including phenoxy) is 1. The molecule has 232 valence electrons. The van der Waals surface area contributed by atoms with E-state index in [-0.39, 0.29) is 44.9 Å². The van der Waals surface area contributed by atoms with Crippen molar-refractivity contribution in [3.63, 3.8) is 0 Å². The average Bonchev–Trinajstić information content (AvgIpc) is 3.27. The van der Waals surface area contributed by atoms with Crippen LogP contribution in [0.4, 0.5) is 0 Å².